The predicted octanol–water partition coefficient (Wildman–Crippen LogP) is 3.27. The zero-order valence-corrected chi connectivity index (χ0v) is 16.8. The van der Waals surface area contributed by atoms with Gasteiger partial charge in [-0.25, -0.2) is 9.07 Å². The smallest absolute Gasteiger partial charge is 0.289 e. The van der Waals surface area contributed by atoms with Gasteiger partial charge in [0, 0.05) is 0 Å². The van der Waals surface area contributed by atoms with E-state index >= 15 is 0 Å². The maximum Gasteiger partial charge on any atom is 0.289 e. The van der Waals surface area contributed by atoms with Crippen LogP contribution in [-0.2, 0) is 10.3 Å². The first-order valence-corrected chi connectivity index (χ1v) is 9.26. The summed E-state index contributed by atoms with van der Waals surface area (Å²) in [6, 6.07) is 0. The maximum atomic E-state index is 12.4. The Kier molecular flexibility index (Phi) is 10.3. The molecule has 8 heteroatoms. The van der Waals surface area contributed by atoms with Crippen molar-refractivity contribution in [2.45, 2.75) is 39.2 Å². The lowest BCUT2D eigenvalue weighted by atomic mass is 10.1. The first-order chi connectivity index (χ1) is 12.9. The highest BCUT2D eigenvalue weighted by Crippen LogP contribution is 2.21. The molecular formula is C19H28ClFN2O4. The lowest BCUT2D eigenvalue weighted by molar-refractivity contribution is 0.123. The van der Waals surface area contributed by atoms with Crippen molar-refractivity contribution in [1.82, 2.24) is 9.78 Å². The van der Waals surface area contributed by atoms with E-state index in [1.807, 2.05) is 25.2 Å². The molecule has 0 fully saturated rings. The molecule has 1 heterocycles. The van der Waals surface area contributed by atoms with Gasteiger partial charge in [0.25, 0.3) is 5.56 Å². The van der Waals surface area contributed by atoms with E-state index < -0.39 is 17.8 Å². The fraction of sp³-hybridized carbons (Fsp3) is 0.579. The summed E-state index contributed by atoms with van der Waals surface area (Å²) in [6.45, 7) is 5.43. The number of aromatic nitrogens is 2. The van der Waals surface area contributed by atoms with Gasteiger partial charge in [0.1, 0.15) is 13.3 Å². The molecule has 152 valence electrons. The fourth-order valence-corrected chi connectivity index (χ4v) is 2.34. The summed E-state index contributed by atoms with van der Waals surface area (Å²) in [7, 11) is 0. The highest BCUT2D eigenvalue weighted by Gasteiger charge is 2.24. The van der Waals surface area contributed by atoms with Crippen molar-refractivity contribution >= 4 is 11.6 Å². The molecule has 1 aromatic heterocycles. The van der Waals surface area contributed by atoms with Crippen LogP contribution in [-0.4, -0.2) is 48.0 Å². The van der Waals surface area contributed by atoms with Crippen LogP contribution in [0.5, 0.6) is 5.75 Å². The zero-order chi connectivity index (χ0) is 20.3. The van der Waals surface area contributed by atoms with Gasteiger partial charge >= 0.3 is 0 Å². The molecule has 0 spiro atoms. The summed E-state index contributed by atoms with van der Waals surface area (Å²) < 4.78 is 23.8. The van der Waals surface area contributed by atoms with Crippen molar-refractivity contribution in [2.24, 2.45) is 0 Å². The molecule has 1 N–H and O–H groups in total. The molecule has 0 aliphatic heterocycles. The second-order valence-corrected chi connectivity index (χ2v) is 6.86. The number of nitrogens with zero attached hydrogens (tertiary/aromatic N) is 2. The van der Waals surface area contributed by atoms with Gasteiger partial charge in [-0.2, -0.15) is 5.10 Å². The number of allylic oxidation sites excluding steroid dienone is 1. The lowest BCUT2D eigenvalue weighted by Crippen LogP contribution is -2.41. The Morgan fingerprint density at radius 3 is 2.81 bits per heavy atom. The molecule has 0 atom stereocenters. The summed E-state index contributed by atoms with van der Waals surface area (Å²) in [5.74, 6) is 0.188. The van der Waals surface area contributed by atoms with Gasteiger partial charge in [0.15, 0.2) is 10.8 Å². The van der Waals surface area contributed by atoms with Crippen LogP contribution < -0.4 is 10.3 Å². The minimum Gasteiger partial charge on any atom is -0.485 e. The normalized spacial score (nSPS) is 12.7. The molecule has 0 amide bonds. The van der Waals surface area contributed by atoms with Crippen LogP contribution in [0.1, 0.15) is 33.6 Å². The summed E-state index contributed by atoms with van der Waals surface area (Å²) in [6.07, 6.45) is 8.68. The number of hydrogen-bond donors (Lipinski definition) is 1. The topological polar surface area (TPSA) is 73.6 Å². The fourth-order valence-electron chi connectivity index (χ4n) is 2.16. The van der Waals surface area contributed by atoms with Crippen molar-refractivity contribution in [3.63, 3.8) is 0 Å². The monoisotopic (exact) mass is 402 g/mol. The molecule has 0 aromatic carbocycles. The Balaban J connectivity index is 2.76. The molecule has 0 unspecified atom stereocenters. The van der Waals surface area contributed by atoms with Gasteiger partial charge in [-0.05, 0) is 32.3 Å². The van der Waals surface area contributed by atoms with Crippen LogP contribution in [0.2, 0.25) is 5.02 Å². The van der Waals surface area contributed by atoms with Crippen molar-refractivity contribution in [1.29, 1.82) is 0 Å². The van der Waals surface area contributed by atoms with E-state index in [0.717, 1.165) is 16.7 Å². The molecule has 6 nitrogen and oxygen atoms in total. The standard InChI is InChI=1S/C19H28ClFN2O4/c1-4-7-15(8-5-6-10-26-11-9-21)13-27-16-12-22-23(18(25)17(16)20)19(2,3)14-24/h5,7-8,12,24H,4,6,9-11,13-14H2,1-3H3/b8-5-,15-7+. The van der Waals surface area contributed by atoms with Crippen LogP contribution in [0.3, 0.4) is 0 Å². The van der Waals surface area contributed by atoms with Crippen molar-refractivity contribution in [2.75, 3.05) is 33.1 Å². The third kappa shape index (κ3) is 7.44. The number of halogens is 2. The van der Waals surface area contributed by atoms with Gasteiger partial charge in [0.2, 0.25) is 0 Å². The van der Waals surface area contributed by atoms with Crippen LogP contribution >= 0.6 is 11.6 Å². The van der Waals surface area contributed by atoms with Crippen LogP contribution in [0.25, 0.3) is 0 Å². The van der Waals surface area contributed by atoms with Crippen molar-refractivity contribution in [3.05, 3.63) is 45.4 Å². The van der Waals surface area contributed by atoms with E-state index in [-0.39, 0.29) is 30.6 Å². The maximum absolute atomic E-state index is 12.4. The minimum absolute atomic E-state index is 0.0778. The van der Waals surface area contributed by atoms with Crippen LogP contribution in [0.15, 0.2) is 34.8 Å². The summed E-state index contributed by atoms with van der Waals surface area (Å²) in [5, 5.41) is 13.4. The third-order valence-corrected chi connectivity index (χ3v) is 4.04. The average Bonchev–Trinajstić information content (AvgIpc) is 2.65. The molecule has 0 aliphatic rings. The Hall–Kier alpha value is -1.70. The van der Waals surface area contributed by atoms with Gasteiger partial charge in [-0.1, -0.05) is 36.8 Å². The lowest BCUT2D eigenvalue weighted by Gasteiger charge is -2.23. The van der Waals surface area contributed by atoms with Crippen molar-refractivity contribution < 1.29 is 19.0 Å². The van der Waals surface area contributed by atoms with Gasteiger partial charge in [-0.15, -0.1) is 0 Å². The molecule has 1 aromatic rings. The van der Waals surface area contributed by atoms with E-state index in [9.17, 15) is 14.3 Å². The molecule has 0 saturated heterocycles. The third-order valence-electron chi connectivity index (χ3n) is 3.69. The number of ether oxygens (including phenoxy) is 2. The minimum atomic E-state index is -0.862. The highest BCUT2D eigenvalue weighted by molar-refractivity contribution is 6.31. The first kappa shape index (κ1) is 23.3. The Morgan fingerprint density at radius 2 is 2.19 bits per heavy atom. The highest BCUT2D eigenvalue weighted by atomic mass is 35.5. The van der Waals surface area contributed by atoms with E-state index in [0.29, 0.717) is 13.0 Å². The number of alkyl halides is 1. The largest absolute Gasteiger partial charge is 0.485 e. The van der Waals surface area contributed by atoms with Gasteiger partial charge in [0.05, 0.1) is 31.6 Å². The molecule has 1 rings (SSSR count). The summed E-state index contributed by atoms with van der Waals surface area (Å²) >= 11 is 6.13. The quantitative estimate of drug-likeness (QED) is 0.429. The molecule has 0 saturated carbocycles. The molecule has 0 radical (unpaired) electrons. The second kappa shape index (κ2) is 11.9. The number of aliphatic hydroxyl groups is 1. The van der Waals surface area contributed by atoms with Crippen molar-refractivity contribution in [3.8, 4) is 5.75 Å². The number of rotatable bonds is 12. The molecule has 27 heavy (non-hydrogen) atoms. The van der Waals surface area contributed by atoms with Crippen LogP contribution in [0, 0.1) is 0 Å². The second-order valence-electron chi connectivity index (χ2n) is 6.48. The van der Waals surface area contributed by atoms with E-state index in [1.165, 1.54) is 6.20 Å². The Bertz CT molecular complexity index is 701. The van der Waals surface area contributed by atoms with Crippen LogP contribution in [0.4, 0.5) is 4.39 Å². The SMILES string of the molecule is CC/C=C(\C=C/CCOCCF)COc1cnn(C(C)(C)CO)c(=O)c1Cl. The molecule has 0 aliphatic carbocycles. The van der Waals surface area contributed by atoms with Gasteiger partial charge in [-0.3, -0.25) is 4.79 Å². The summed E-state index contributed by atoms with van der Waals surface area (Å²) in [5.41, 5.74) is -0.465. The molecule has 0 bridgehead atoms. The zero-order valence-electron chi connectivity index (χ0n) is 16.1. The van der Waals surface area contributed by atoms with Gasteiger partial charge < -0.3 is 14.6 Å². The Morgan fingerprint density at radius 1 is 1.44 bits per heavy atom. The van der Waals surface area contributed by atoms with E-state index in [4.69, 9.17) is 21.1 Å². The number of hydrogen-bond acceptors (Lipinski definition) is 5. The van der Waals surface area contributed by atoms with E-state index in [1.54, 1.807) is 13.8 Å². The van der Waals surface area contributed by atoms with E-state index in [2.05, 4.69) is 5.10 Å². The summed E-state index contributed by atoms with van der Waals surface area (Å²) in [4.78, 5) is 12.4. The first-order valence-electron chi connectivity index (χ1n) is 8.88. The predicted molar refractivity (Wildman–Crippen MR) is 104 cm³/mol. The molecular weight excluding hydrogens is 375 g/mol. The average molecular weight is 403 g/mol. The number of aliphatic hydroxyl groups excluding tert-OH is 1. The Labute approximate surface area is 164 Å².